The first-order valence-corrected chi connectivity index (χ1v) is 11.3. The lowest BCUT2D eigenvalue weighted by Gasteiger charge is -2.10. The molecule has 0 saturated heterocycles. The first-order chi connectivity index (χ1) is 15.4. The van der Waals surface area contributed by atoms with Gasteiger partial charge in [0, 0.05) is 36.6 Å². The summed E-state index contributed by atoms with van der Waals surface area (Å²) in [5, 5.41) is 5.67. The van der Waals surface area contributed by atoms with Crippen molar-refractivity contribution in [2.75, 3.05) is 11.9 Å². The Morgan fingerprint density at radius 2 is 1.72 bits per heavy atom. The minimum atomic E-state index is -0.189. The predicted molar refractivity (Wildman–Crippen MR) is 127 cm³/mol. The average molecular weight is 439 g/mol. The van der Waals surface area contributed by atoms with E-state index in [1.807, 2.05) is 38.1 Å². The predicted octanol–water partition coefficient (Wildman–Crippen LogP) is 5.13. The van der Waals surface area contributed by atoms with Gasteiger partial charge >= 0.3 is 0 Å². The second-order valence-corrected chi connectivity index (χ2v) is 8.12. The quantitative estimate of drug-likeness (QED) is 0.335. The molecular weight excluding hydrogens is 404 g/mol. The molecule has 0 aliphatic heterocycles. The summed E-state index contributed by atoms with van der Waals surface area (Å²) in [6.07, 6.45) is 3.57. The van der Waals surface area contributed by atoms with Crippen molar-refractivity contribution in [1.82, 2.24) is 5.32 Å². The van der Waals surface area contributed by atoms with Crippen molar-refractivity contribution >= 4 is 23.3 Å². The topological polar surface area (TPSA) is 84.5 Å². The van der Waals surface area contributed by atoms with Gasteiger partial charge in [0.2, 0.25) is 11.8 Å². The van der Waals surface area contributed by atoms with Crippen LogP contribution >= 0.6 is 0 Å². The zero-order valence-electron chi connectivity index (χ0n) is 19.3. The SMILES string of the molecule is CCCCCOc1ccc(C(=O)CCC(=O)NCc2cccc(NC(=O)C(C)C)c2)cc1. The first kappa shape index (κ1) is 25.1. The lowest BCUT2D eigenvalue weighted by atomic mass is 10.1. The fourth-order valence-corrected chi connectivity index (χ4v) is 2.99. The van der Waals surface area contributed by atoms with Gasteiger partial charge in [-0.05, 0) is 48.4 Å². The number of ether oxygens (including phenoxy) is 1. The van der Waals surface area contributed by atoms with Crippen LogP contribution in [0.2, 0.25) is 0 Å². The minimum Gasteiger partial charge on any atom is -0.494 e. The Labute approximate surface area is 190 Å². The summed E-state index contributed by atoms with van der Waals surface area (Å²) in [5.41, 5.74) is 2.15. The molecule has 2 rings (SSSR count). The lowest BCUT2D eigenvalue weighted by molar-refractivity contribution is -0.121. The second kappa shape index (κ2) is 13.3. The van der Waals surface area contributed by atoms with Crippen LogP contribution < -0.4 is 15.4 Å². The number of amides is 2. The largest absolute Gasteiger partial charge is 0.494 e. The van der Waals surface area contributed by atoms with Crippen molar-refractivity contribution in [3.05, 3.63) is 59.7 Å². The molecule has 0 unspecified atom stereocenters. The Bertz CT molecular complexity index is 891. The molecular formula is C26H34N2O4. The van der Waals surface area contributed by atoms with Crippen LogP contribution in [0.4, 0.5) is 5.69 Å². The van der Waals surface area contributed by atoms with E-state index in [9.17, 15) is 14.4 Å². The third-order valence-corrected chi connectivity index (χ3v) is 4.98. The summed E-state index contributed by atoms with van der Waals surface area (Å²) in [5.74, 6) is 0.329. The molecule has 0 aromatic heterocycles. The fraction of sp³-hybridized carbons (Fsp3) is 0.423. The van der Waals surface area contributed by atoms with Crippen LogP contribution in [0.5, 0.6) is 5.75 Å². The van der Waals surface area contributed by atoms with Crippen molar-refractivity contribution in [2.24, 2.45) is 5.92 Å². The molecule has 6 nitrogen and oxygen atoms in total. The molecule has 0 aliphatic rings. The number of hydrogen-bond donors (Lipinski definition) is 2. The summed E-state index contributed by atoms with van der Waals surface area (Å²) in [6, 6.07) is 14.4. The van der Waals surface area contributed by atoms with Gasteiger partial charge in [-0.3, -0.25) is 14.4 Å². The number of Topliss-reactive ketones (excluding diaryl/α,β-unsaturated/α-hetero) is 1. The van der Waals surface area contributed by atoms with E-state index in [-0.39, 0.29) is 36.4 Å². The summed E-state index contributed by atoms with van der Waals surface area (Å²) in [7, 11) is 0. The molecule has 0 heterocycles. The van der Waals surface area contributed by atoms with Gasteiger partial charge in [-0.15, -0.1) is 0 Å². The van der Waals surface area contributed by atoms with Crippen LogP contribution in [0, 0.1) is 5.92 Å². The molecule has 2 amide bonds. The highest BCUT2D eigenvalue weighted by Crippen LogP contribution is 2.15. The van der Waals surface area contributed by atoms with Crippen molar-refractivity contribution in [3.63, 3.8) is 0 Å². The van der Waals surface area contributed by atoms with Crippen LogP contribution in [0.25, 0.3) is 0 Å². The maximum absolute atomic E-state index is 12.4. The Balaban J connectivity index is 1.75. The van der Waals surface area contributed by atoms with Crippen LogP contribution in [0.3, 0.4) is 0 Å². The van der Waals surface area contributed by atoms with E-state index in [1.165, 1.54) is 0 Å². The molecule has 172 valence electrons. The molecule has 2 aromatic rings. The Morgan fingerprint density at radius 1 is 0.969 bits per heavy atom. The van der Waals surface area contributed by atoms with Gasteiger partial charge in [-0.25, -0.2) is 0 Å². The number of anilines is 1. The van der Waals surface area contributed by atoms with Gasteiger partial charge < -0.3 is 15.4 Å². The summed E-state index contributed by atoms with van der Waals surface area (Å²) in [4.78, 5) is 36.4. The molecule has 0 fully saturated rings. The van der Waals surface area contributed by atoms with E-state index in [0.717, 1.165) is 30.6 Å². The van der Waals surface area contributed by atoms with Gasteiger partial charge in [0.05, 0.1) is 6.61 Å². The normalized spacial score (nSPS) is 10.6. The number of nitrogens with one attached hydrogen (secondary N) is 2. The number of rotatable bonds is 13. The van der Waals surface area contributed by atoms with Crippen molar-refractivity contribution in [2.45, 2.75) is 59.4 Å². The Hall–Kier alpha value is -3.15. The molecule has 0 saturated carbocycles. The highest BCUT2D eigenvalue weighted by molar-refractivity contribution is 5.98. The van der Waals surface area contributed by atoms with E-state index in [4.69, 9.17) is 4.74 Å². The summed E-state index contributed by atoms with van der Waals surface area (Å²) < 4.78 is 5.66. The molecule has 0 spiro atoms. The van der Waals surface area contributed by atoms with Crippen molar-refractivity contribution < 1.29 is 19.1 Å². The molecule has 2 N–H and O–H groups in total. The van der Waals surface area contributed by atoms with Gasteiger partial charge in [0.25, 0.3) is 0 Å². The van der Waals surface area contributed by atoms with Gasteiger partial charge in [0.1, 0.15) is 5.75 Å². The maximum atomic E-state index is 12.4. The zero-order chi connectivity index (χ0) is 23.3. The number of unbranched alkanes of at least 4 members (excludes halogenated alkanes) is 2. The van der Waals surface area contributed by atoms with E-state index in [2.05, 4.69) is 17.6 Å². The molecule has 2 aromatic carbocycles. The number of carbonyl (C=O) groups is 3. The molecule has 6 heteroatoms. The number of carbonyl (C=O) groups excluding carboxylic acids is 3. The monoisotopic (exact) mass is 438 g/mol. The highest BCUT2D eigenvalue weighted by Gasteiger charge is 2.11. The average Bonchev–Trinajstić information content (AvgIpc) is 2.79. The van der Waals surface area contributed by atoms with E-state index >= 15 is 0 Å². The standard InChI is InChI=1S/C26H34N2O4/c1-4-5-6-16-32-23-12-10-21(11-13-23)24(29)14-15-25(30)27-18-20-8-7-9-22(17-20)28-26(31)19(2)3/h7-13,17,19H,4-6,14-16,18H2,1-3H3,(H,27,30)(H,28,31). The Morgan fingerprint density at radius 3 is 2.41 bits per heavy atom. The molecule has 0 radical (unpaired) electrons. The van der Waals surface area contributed by atoms with Gasteiger partial charge in [-0.2, -0.15) is 0 Å². The Kier molecular flexibility index (Phi) is 10.4. The maximum Gasteiger partial charge on any atom is 0.226 e. The highest BCUT2D eigenvalue weighted by atomic mass is 16.5. The van der Waals surface area contributed by atoms with Crippen molar-refractivity contribution in [3.8, 4) is 5.75 Å². The van der Waals surface area contributed by atoms with Crippen molar-refractivity contribution in [1.29, 1.82) is 0 Å². The van der Waals surface area contributed by atoms with E-state index < -0.39 is 0 Å². The number of benzene rings is 2. The van der Waals surface area contributed by atoms with E-state index in [0.29, 0.717) is 24.4 Å². The van der Waals surface area contributed by atoms with Gasteiger partial charge in [-0.1, -0.05) is 45.7 Å². The van der Waals surface area contributed by atoms with Crippen LogP contribution in [0.15, 0.2) is 48.5 Å². The zero-order valence-corrected chi connectivity index (χ0v) is 19.3. The molecule has 0 aliphatic carbocycles. The second-order valence-electron chi connectivity index (χ2n) is 8.12. The lowest BCUT2D eigenvalue weighted by Crippen LogP contribution is -2.23. The number of ketones is 1. The third kappa shape index (κ3) is 8.92. The minimum absolute atomic E-state index is 0.0548. The van der Waals surface area contributed by atoms with E-state index in [1.54, 1.807) is 24.3 Å². The third-order valence-electron chi connectivity index (χ3n) is 4.98. The molecule has 0 bridgehead atoms. The van der Waals surface area contributed by atoms with Crippen LogP contribution in [-0.4, -0.2) is 24.2 Å². The smallest absolute Gasteiger partial charge is 0.226 e. The van der Waals surface area contributed by atoms with Crippen LogP contribution in [-0.2, 0) is 16.1 Å². The van der Waals surface area contributed by atoms with Crippen LogP contribution in [0.1, 0.15) is 68.8 Å². The summed E-state index contributed by atoms with van der Waals surface area (Å²) in [6.45, 7) is 6.82. The van der Waals surface area contributed by atoms with Gasteiger partial charge in [0.15, 0.2) is 5.78 Å². The molecule has 32 heavy (non-hydrogen) atoms. The first-order valence-electron chi connectivity index (χ1n) is 11.3. The number of hydrogen-bond acceptors (Lipinski definition) is 4. The molecule has 0 atom stereocenters. The summed E-state index contributed by atoms with van der Waals surface area (Å²) >= 11 is 0. The fourth-order valence-electron chi connectivity index (χ4n) is 2.99.